The maximum atomic E-state index is 13.5. The number of halogens is 2. The molecule has 2 aromatic carbocycles. The molecule has 174 valence electrons. The first kappa shape index (κ1) is 22.2. The molecule has 3 heterocycles. The van der Waals surface area contributed by atoms with Crippen molar-refractivity contribution in [1.29, 1.82) is 0 Å². The minimum absolute atomic E-state index is 0.0420. The summed E-state index contributed by atoms with van der Waals surface area (Å²) < 4.78 is 15.6. The predicted octanol–water partition coefficient (Wildman–Crippen LogP) is 5.41. The molecule has 3 aromatic rings. The van der Waals surface area contributed by atoms with Crippen LogP contribution in [0, 0.1) is 5.82 Å². The van der Waals surface area contributed by atoms with Crippen LogP contribution in [-0.2, 0) is 0 Å². The van der Waals surface area contributed by atoms with Crippen LogP contribution in [0.15, 0.2) is 48.7 Å². The average Bonchev–Trinajstić information content (AvgIpc) is 3.28. The summed E-state index contributed by atoms with van der Waals surface area (Å²) in [6.07, 6.45) is 4.32. The van der Waals surface area contributed by atoms with E-state index in [1.54, 1.807) is 0 Å². The highest BCUT2D eigenvalue weighted by molar-refractivity contribution is 6.31. The molecule has 2 fully saturated rings. The number of urea groups is 1. The molecule has 2 aliphatic rings. The molecular weight excluding hydrogens is 439 g/mol. The van der Waals surface area contributed by atoms with E-state index < -0.39 is 0 Å². The molecule has 5 rings (SSSR count). The Morgan fingerprint density at radius 2 is 1.82 bits per heavy atom. The van der Waals surface area contributed by atoms with Gasteiger partial charge in [-0.1, -0.05) is 11.6 Å². The minimum Gasteiger partial charge on any atom is -0.331 e. The van der Waals surface area contributed by atoms with Gasteiger partial charge in [-0.25, -0.2) is 9.18 Å². The van der Waals surface area contributed by atoms with E-state index in [1.165, 1.54) is 23.1 Å². The molecule has 0 atom stereocenters. The van der Waals surface area contributed by atoms with Gasteiger partial charge < -0.3 is 19.7 Å². The second kappa shape index (κ2) is 8.65. The number of benzene rings is 2. The third-order valence-corrected chi connectivity index (χ3v) is 7.17. The molecule has 1 N–H and O–H groups in total. The molecule has 0 aliphatic carbocycles. The van der Waals surface area contributed by atoms with Crippen molar-refractivity contribution in [2.24, 2.45) is 0 Å². The summed E-state index contributed by atoms with van der Waals surface area (Å²) in [5.41, 5.74) is 3.19. The Labute approximate surface area is 199 Å². The number of nitrogens with zero attached hydrogens (tertiary/aromatic N) is 3. The Kier molecular flexibility index (Phi) is 5.83. The van der Waals surface area contributed by atoms with Crippen LogP contribution in [0.1, 0.15) is 38.2 Å². The first-order valence-corrected chi connectivity index (χ1v) is 12.0. The quantitative estimate of drug-likeness (QED) is 0.544. The smallest absolute Gasteiger partial charge is 0.317 e. The van der Waals surface area contributed by atoms with E-state index >= 15 is 0 Å². The van der Waals surface area contributed by atoms with Gasteiger partial charge in [0, 0.05) is 41.9 Å². The topological polar surface area (TPSA) is 40.5 Å². The second-order valence-corrected chi connectivity index (χ2v) is 10.4. The molecule has 0 radical (unpaired) electrons. The summed E-state index contributed by atoms with van der Waals surface area (Å²) in [7, 11) is 0. The predicted molar refractivity (Wildman–Crippen MR) is 131 cm³/mol. The van der Waals surface area contributed by atoms with Gasteiger partial charge in [0.2, 0.25) is 0 Å². The van der Waals surface area contributed by atoms with Crippen molar-refractivity contribution in [3.8, 4) is 5.69 Å². The first-order chi connectivity index (χ1) is 15.8. The maximum absolute atomic E-state index is 13.5. The van der Waals surface area contributed by atoms with Crippen molar-refractivity contribution >= 4 is 28.5 Å². The molecule has 33 heavy (non-hydrogen) atoms. The molecule has 2 amide bonds. The third kappa shape index (κ3) is 4.59. The minimum atomic E-state index is -0.235. The molecule has 0 bridgehead atoms. The number of fused-ring (bicyclic) bond motifs is 1. The lowest BCUT2D eigenvalue weighted by atomic mass is 9.89. The number of piperidine rings is 1. The first-order valence-electron chi connectivity index (χ1n) is 11.6. The summed E-state index contributed by atoms with van der Waals surface area (Å²) in [6, 6.07) is 12.7. The highest BCUT2D eigenvalue weighted by atomic mass is 35.5. The van der Waals surface area contributed by atoms with Gasteiger partial charge in [-0.2, -0.15) is 0 Å². The van der Waals surface area contributed by atoms with Gasteiger partial charge in [0.05, 0.1) is 11.1 Å². The SMILES string of the molecule is CC1(C)CN(CCN2CCC(c3cn(-c4ccc(F)cc4)c4ccc(Cl)cc34)CC2)C(=O)N1. The highest BCUT2D eigenvalue weighted by Crippen LogP contribution is 2.37. The lowest BCUT2D eigenvalue weighted by Gasteiger charge is -2.33. The Hall–Kier alpha value is -2.57. The van der Waals surface area contributed by atoms with Crippen LogP contribution in [0.25, 0.3) is 16.6 Å². The Bertz CT molecular complexity index is 1160. The van der Waals surface area contributed by atoms with Crippen molar-refractivity contribution in [3.05, 3.63) is 65.1 Å². The van der Waals surface area contributed by atoms with E-state index in [0.29, 0.717) is 5.92 Å². The van der Waals surface area contributed by atoms with Gasteiger partial charge in [-0.3, -0.25) is 0 Å². The number of hydrogen-bond acceptors (Lipinski definition) is 2. The van der Waals surface area contributed by atoms with E-state index in [2.05, 4.69) is 34.8 Å². The molecular formula is C26H30ClFN4O. The number of rotatable bonds is 5. The van der Waals surface area contributed by atoms with E-state index in [0.717, 1.165) is 61.8 Å². The summed E-state index contributed by atoms with van der Waals surface area (Å²) in [6.45, 7) is 8.56. The Balaban J connectivity index is 1.30. The fourth-order valence-corrected chi connectivity index (χ4v) is 5.41. The lowest BCUT2D eigenvalue weighted by Crippen LogP contribution is -2.40. The molecule has 2 saturated heterocycles. The number of hydrogen-bond donors (Lipinski definition) is 1. The normalized spacial score (nSPS) is 19.4. The number of likely N-dealkylation sites (tertiary alicyclic amines) is 1. The Morgan fingerprint density at radius 3 is 2.48 bits per heavy atom. The van der Waals surface area contributed by atoms with Crippen molar-refractivity contribution in [1.82, 2.24) is 19.7 Å². The van der Waals surface area contributed by atoms with Gasteiger partial charge >= 0.3 is 6.03 Å². The summed E-state index contributed by atoms with van der Waals surface area (Å²) in [5.74, 6) is 0.207. The van der Waals surface area contributed by atoms with Crippen molar-refractivity contribution < 1.29 is 9.18 Å². The monoisotopic (exact) mass is 468 g/mol. The standard InChI is InChI=1S/C26H30ClFN4O/c1-26(2)17-31(25(33)29-26)14-13-30-11-9-18(10-12-30)23-16-32(21-6-4-20(28)5-7-21)24-8-3-19(27)15-22(23)24/h3-8,15-16,18H,9-14,17H2,1-2H3,(H,29,33). The van der Waals surface area contributed by atoms with Crippen molar-refractivity contribution in [2.75, 3.05) is 32.7 Å². The number of carbonyl (C=O) groups is 1. The molecule has 7 heteroatoms. The fourth-order valence-electron chi connectivity index (χ4n) is 5.24. The van der Waals surface area contributed by atoms with Crippen molar-refractivity contribution in [3.63, 3.8) is 0 Å². The molecule has 0 spiro atoms. The van der Waals surface area contributed by atoms with Crippen LogP contribution < -0.4 is 5.32 Å². The number of amides is 2. The molecule has 0 unspecified atom stereocenters. The molecule has 5 nitrogen and oxygen atoms in total. The summed E-state index contributed by atoms with van der Waals surface area (Å²) in [5, 5.41) is 4.93. The van der Waals surface area contributed by atoms with Gasteiger partial charge in [0.15, 0.2) is 0 Å². The number of carbonyl (C=O) groups excluding carboxylic acids is 1. The zero-order valence-electron chi connectivity index (χ0n) is 19.2. The number of nitrogens with one attached hydrogen (secondary N) is 1. The van der Waals surface area contributed by atoms with E-state index in [-0.39, 0.29) is 17.4 Å². The van der Waals surface area contributed by atoms with Crippen LogP contribution in [0.2, 0.25) is 5.02 Å². The second-order valence-electron chi connectivity index (χ2n) is 9.94. The zero-order valence-corrected chi connectivity index (χ0v) is 19.9. The molecule has 1 aromatic heterocycles. The maximum Gasteiger partial charge on any atom is 0.317 e. The van der Waals surface area contributed by atoms with Gasteiger partial charge in [-0.05, 0) is 93.7 Å². The average molecular weight is 469 g/mol. The van der Waals surface area contributed by atoms with E-state index in [9.17, 15) is 9.18 Å². The summed E-state index contributed by atoms with van der Waals surface area (Å²) >= 11 is 6.36. The van der Waals surface area contributed by atoms with Gasteiger partial charge in [0.1, 0.15) is 5.82 Å². The third-order valence-electron chi connectivity index (χ3n) is 6.93. The molecule has 2 aliphatic heterocycles. The largest absolute Gasteiger partial charge is 0.331 e. The van der Waals surface area contributed by atoms with Crippen molar-refractivity contribution in [2.45, 2.75) is 38.1 Å². The van der Waals surface area contributed by atoms with Crippen LogP contribution in [0.4, 0.5) is 9.18 Å². The van der Waals surface area contributed by atoms with Crippen LogP contribution in [-0.4, -0.2) is 58.7 Å². The zero-order chi connectivity index (χ0) is 23.2. The highest BCUT2D eigenvalue weighted by Gasteiger charge is 2.34. The lowest BCUT2D eigenvalue weighted by molar-refractivity contribution is 0.179. The van der Waals surface area contributed by atoms with Crippen LogP contribution in [0.5, 0.6) is 0 Å². The number of aromatic nitrogens is 1. The molecule has 0 saturated carbocycles. The van der Waals surface area contributed by atoms with E-state index in [1.807, 2.05) is 35.2 Å². The van der Waals surface area contributed by atoms with Gasteiger partial charge in [-0.15, -0.1) is 0 Å². The summed E-state index contributed by atoms with van der Waals surface area (Å²) in [4.78, 5) is 16.5. The van der Waals surface area contributed by atoms with Gasteiger partial charge in [0.25, 0.3) is 0 Å². The van der Waals surface area contributed by atoms with E-state index in [4.69, 9.17) is 11.6 Å². The Morgan fingerprint density at radius 1 is 1.09 bits per heavy atom. The fraction of sp³-hybridized carbons (Fsp3) is 0.423. The van der Waals surface area contributed by atoms with Crippen LogP contribution in [0.3, 0.4) is 0 Å². The van der Waals surface area contributed by atoms with Crippen LogP contribution >= 0.6 is 11.6 Å².